The maximum Gasteiger partial charge on any atom is 0.433 e. The van der Waals surface area contributed by atoms with Crippen molar-refractivity contribution in [2.24, 2.45) is 0 Å². The van der Waals surface area contributed by atoms with Crippen LogP contribution in [0.15, 0.2) is 23.1 Å². The van der Waals surface area contributed by atoms with E-state index in [0.717, 1.165) is 17.7 Å². The molecule has 0 aromatic carbocycles. The van der Waals surface area contributed by atoms with Crippen LogP contribution in [0.3, 0.4) is 0 Å². The second-order valence-electron chi connectivity index (χ2n) is 4.30. The lowest BCUT2D eigenvalue weighted by Crippen LogP contribution is -2.15. The van der Waals surface area contributed by atoms with Gasteiger partial charge >= 0.3 is 6.18 Å². The first kappa shape index (κ1) is 12.6. The Hall–Kier alpha value is -2.38. The number of aryl methyl sites for hydroxylation is 1. The van der Waals surface area contributed by atoms with Crippen molar-refractivity contribution in [1.82, 2.24) is 19.6 Å². The van der Waals surface area contributed by atoms with E-state index in [9.17, 15) is 18.0 Å². The highest BCUT2D eigenvalue weighted by Crippen LogP contribution is 2.28. The van der Waals surface area contributed by atoms with E-state index in [0.29, 0.717) is 12.1 Å². The van der Waals surface area contributed by atoms with E-state index < -0.39 is 17.4 Å². The lowest BCUT2D eigenvalue weighted by Gasteiger charge is -2.07. The summed E-state index contributed by atoms with van der Waals surface area (Å²) in [6.07, 6.45) is -2.46. The van der Waals surface area contributed by atoms with Crippen LogP contribution in [-0.2, 0) is 12.6 Å². The van der Waals surface area contributed by atoms with Gasteiger partial charge in [-0.2, -0.15) is 22.8 Å². The highest BCUT2D eigenvalue weighted by Gasteiger charge is 2.33. The van der Waals surface area contributed by atoms with Crippen LogP contribution in [0.25, 0.3) is 16.7 Å². The molecule has 3 heterocycles. The average molecular weight is 282 g/mol. The maximum atomic E-state index is 12.7. The number of aromatic nitrogens is 4. The fourth-order valence-electron chi connectivity index (χ4n) is 2.05. The van der Waals surface area contributed by atoms with Gasteiger partial charge in [-0.3, -0.25) is 4.79 Å². The van der Waals surface area contributed by atoms with Gasteiger partial charge in [0, 0.05) is 5.56 Å². The highest BCUT2D eigenvalue weighted by atomic mass is 19.4. The van der Waals surface area contributed by atoms with E-state index >= 15 is 0 Å². The van der Waals surface area contributed by atoms with Gasteiger partial charge in [-0.25, -0.2) is 4.98 Å². The van der Waals surface area contributed by atoms with Crippen LogP contribution >= 0.6 is 0 Å². The number of alkyl halides is 3. The van der Waals surface area contributed by atoms with E-state index in [1.54, 1.807) is 0 Å². The number of H-pyrrole nitrogens is 1. The van der Waals surface area contributed by atoms with E-state index in [1.807, 2.05) is 6.92 Å². The summed E-state index contributed by atoms with van der Waals surface area (Å²) in [5, 5.41) is 4.06. The zero-order valence-electron chi connectivity index (χ0n) is 10.3. The maximum absolute atomic E-state index is 12.7. The molecule has 8 heteroatoms. The summed E-state index contributed by atoms with van der Waals surface area (Å²) in [4.78, 5) is 18.1. The summed E-state index contributed by atoms with van der Waals surface area (Å²) in [6.45, 7) is 1.86. The minimum absolute atomic E-state index is 0.0660. The molecule has 0 radical (unpaired) electrons. The van der Waals surface area contributed by atoms with Crippen molar-refractivity contribution in [3.05, 3.63) is 39.9 Å². The molecule has 0 atom stereocenters. The van der Waals surface area contributed by atoms with Crippen LogP contribution in [-0.4, -0.2) is 19.6 Å². The van der Waals surface area contributed by atoms with Crippen LogP contribution in [0.1, 0.15) is 18.2 Å². The molecule has 0 spiro atoms. The number of hydrogen-bond donors (Lipinski definition) is 1. The van der Waals surface area contributed by atoms with E-state index in [4.69, 9.17) is 0 Å². The van der Waals surface area contributed by atoms with Gasteiger partial charge in [0.2, 0.25) is 0 Å². The standard InChI is InChI=1S/C12H9F3N4O/c1-2-6-5-16-19-9(6)18-11(20)7-3-4-8(12(13,14)15)17-10(7)19/h3-5H,2H2,1H3,(H,18,20). The summed E-state index contributed by atoms with van der Waals surface area (Å²) in [5.41, 5.74) is -0.521. The number of halogens is 3. The number of hydrogen-bond acceptors (Lipinski definition) is 3. The number of aromatic amines is 1. The minimum atomic E-state index is -4.57. The Morgan fingerprint density at radius 1 is 1.35 bits per heavy atom. The van der Waals surface area contributed by atoms with Crippen molar-refractivity contribution in [3.8, 4) is 0 Å². The molecule has 0 fully saturated rings. The molecular weight excluding hydrogens is 273 g/mol. The van der Waals surface area contributed by atoms with Crippen LogP contribution in [0.4, 0.5) is 13.2 Å². The smallest absolute Gasteiger partial charge is 0.306 e. The normalized spacial score (nSPS) is 12.4. The lowest BCUT2D eigenvalue weighted by molar-refractivity contribution is -0.141. The second kappa shape index (κ2) is 4.06. The molecule has 0 unspecified atom stereocenters. The number of nitrogens with zero attached hydrogens (tertiary/aromatic N) is 3. The molecule has 0 aliphatic heterocycles. The largest absolute Gasteiger partial charge is 0.433 e. The first-order chi connectivity index (χ1) is 9.41. The quantitative estimate of drug-likeness (QED) is 0.744. The third-order valence-electron chi connectivity index (χ3n) is 3.07. The van der Waals surface area contributed by atoms with E-state index in [-0.39, 0.29) is 11.0 Å². The van der Waals surface area contributed by atoms with Gasteiger partial charge in [0.25, 0.3) is 5.56 Å². The lowest BCUT2D eigenvalue weighted by atomic mass is 10.2. The van der Waals surface area contributed by atoms with Gasteiger partial charge in [-0.1, -0.05) is 6.92 Å². The number of rotatable bonds is 1. The monoisotopic (exact) mass is 282 g/mol. The molecule has 5 nitrogen and oxygen atoms in total. The fourth-order valence-corrected chi connectivity index (χ4v) is 2.05. The van der Waals surface area contributed by atoms with E-state index in [1.165, 1.54) is 10.7 Å². The van der Waals surface area contributed by atoms with Gasteiger partial charge < -0.3 is 4.98 Å². The first-order valence-corrected chi connectivity index (χ1v) is 5.88. The predicted molar refractivity (Wildman–Crippen MR) is 65.5 cm³/mol. The third-order valence-corrected chi connectivity index (χ3v) is 3.07. The number of nitrogens with one attached hydrogen (secondary N) is 1. The van der Waals surface area contributed by atoms with Gasteiger partial charge in [-0.05, 0) is 18.6 Å². The van der Waals surface area contributed by atoms with Crippen LogP contribution < -0.4 is 5.56 Å². The van der Waals surface area contributed by atoms with Gasteiger partial charge in [0.05, 0.1) is 11.6 Å². The molecule has 3 aromatic heterocycles. The van der Waals surface area contributed by atoms with Crippen molar-refractivity contribution in [1.29, 1.82) is 0 Å². The third kappa shape index (κ3) is 1.75. The summed E-state index contributed by atoms with van der Waals surface area (Å²) in [6, 6.07) is 1.89. The van der Waals surface area contributed by atoms with Crippen molar-refractivity contribution in [3.63, 3.8) is 0 Å². The molecule has 0 bridgehead atoms. The Kier molecular flexibility index (Phi) is 2.56. The van der Waals surface area contributed by atoms with E-state index in [2.05, 4.69) is 15.1 Å². The first-order valence-electron chi connectivity index (χ1n) is 5.88. The van der Waals surface area contributed by atoms with Crippen molar-refractivity contribution < 1.29 is 13.2 Å². The van der Waals surface area contributed by atoms with Crippen LogP contribution in [0, 0.1) is 0 Å². The Bertz CT molecular complexity index is 863. The zero-order chi connectivity index (χ0) is 14.5. The summed E-state index contributed by atoms with van der Waals surface area (Å²) in [7, 11) is 0. The van der Waals surface area contributed by atoms with Crippen molar-refractivity contribution in [2.75, 3.05) is 0 Å². The minimum Gasteiger partial charge on any atom is -0.306 e. The SMILES string of the molecule is CCc1cnn2c1[nH]c(=O)c1ccc(C(F)(F)F)nc12. The highest BCUT2D eigenvalue weighted by molar-refractivity contribution is 5.77. The Morgan fingerprint density at radius 2 is 2.10 bits per heavy atom. The number of pyridine rings is 1. The summed E-state index contributed by atoms with van der Waals surface area (Å²) < 4.78 is 39.4. The fraction of sp³-hybridized carbons (Fsp3) is 0.250. The van der Waals surface area contributed by atoms with Crippen LogP contribution in [0.5, 0.6) is 0 Å². The molecule has 0 aliphatic carbocycles. The molecule has 0 saturated carbocycles. The zero-order valence-corrected chi connectivity index (χ0v) is 10.3. The molecule has 0 aliphatic rings. The topological polar surface area (TPSA) is 63.1 Å². The Labute approximate surface area is 110 Å². The number of fused-ring (bicyclic) bond motifs is 3. The van der Waals surface area contributed by atoms with Crippen LogP contribution in [0.2, 0.25) is 0 Å². The van der Waals surface area contributed by atoms with Crippen molar-refractivity contribution >= 4 is 16.7 Å². The van der Waals surface area contributed by atoms with Gasteiger partial charge in [0.15, 0.2) is 5.65 Å². The second-order valence-corrected chi connectivity index (χ2v) is 4.30. The molecule has 3 rings (SSSR count). The predicted octanol–water partition coefficient (Wildman–Crippen LogP) is 2.15. The molecule has 0 saturated heterocycles. The summed E-state index contributed by atoms with van der Waals surface area (Å²) in [5.74, 6) is 0. The molecule has 104 valence electrons. The Morgan fingerprint density at radius 3 is 2.75 bits per heavy atom. The Balaban J connectivity index is 2.46. The molecule has 20 heavy (non-hydrogen) atoms. The summed E-state index contributed by atoms with van der Waals surface area (Å²) >= 11 is 0. The van der Waals surface area contributed by atoms with Crippen molar-refractivity contribution in [2.45, 2.75) is 19.5 Å². The van der Waals surface area contributed by atoms with Gasteiger partial charge in [0.1, 0.15) is 11.3 Å². The molecule has 1 N–H and O–H groups in total. The van der Waals surface area contributed by atoms with Gasteiger partial charge in [-0.15, -0.1) is 0 Å². The molecular formula is C12H9F3N4O. The molecule has 3 aromatic rings. The average Bonchev–Trinajstić information content (AvgIpc) is 2.80. The molecule has 0 amide bonds.